The molecule has 0 saturated heterocycles. The highest BCUT2D eigenvalue weighted by Crippen LogP contribution is 2.13. The minimum absolute atomic E-state index is 0.157. The van der Waals surface area contributed by atoms with Gasteiger partial charge in [-0.05, 0) is 12.8 Å². The highest BCUT2D eigenvalue weighted by Gasteiger charge is 2.06. The number of ether oxygens (including phenoxy) is 1. The van der Waals surface area contributed by atoms with Crippen LogP contribution in [0.1, 0.15) is 26.2 Å². The fourth-order valence-corrected chi connectivity index (χ4v) is 1.38. The number of nitrogens with zero attached hydrogens (tertiary/aromatic N) is 3. The first-order valence-electron chi connectivity index (χ1n) is 6.01. The molecule has 0 aliphatic carbocycles. The zero-order valence-corrected chi connectivity index (χ0v) is 10.8. The van der Waals surface area contributed by atoms with Gasteiger partial charge in [-0.25, -0.2) is 0 Å². The number of anilines is 1. The van der Waals surface area contributed by atoms with Gasteiger partial charge in [-0.3, -0.25) is 9.78 Å². The monoisotopic (exact) mass is 253 g/mol. The minimum Gasteiger partial charge on any atom is -0.481 e. The summed E-state index contributed by atoms with van der Waals surface area (Å²) in [5.41, 5.74) is 0. The van der Waals surface area contributed by atoms with Crippen molar-refractivity contribution in [2.75, 3.05) is 25.1 Å². The number of hydrogen-bond acceptors (Lipinski definition) is 5. The van der Waals surface area contributed by atoms with Gasteiger partial charge in [0.05, 0.1) is 19.0 Å². The number of rotatable bonds is 8. The van der Waals surface area contributed by atoms with Crippen LogP contribution in [-0.4, -0.2) is 41.2 Å². The van der Waals surface area contributed by atoms with Gasteiger partial charge in [0.15, 0.2) is 5.82 Å². The van der Waals surface area contributed by atoms with Gasteiger partial charge < -0.3 is 14.7 Å². The second-order valence-electron chi connectivity index (χ2n) is 3.98. The van der Waals surface area contributed by atoms with Crippen LogP contribution < -0.4 is 9.64 Å². The predicted molar refractivity (Wildman–Crippen MR) is 68.0 cm³/mol. The highest BCUT2D eigenvalue weighted by atomic mass is 16.5. The van der Waals surface area contributed by atoms with E-state index in [4.69, 9.17) is 9.84 Å². The Bertz CT molecular complexity index is 385. The van der Waals surface area contributed by atoms with Gasteiger partial charge in [0.2, 0.25) is 5.88 Å². The third kappa shape index (κ3) is 4.99. The molecule has 1 rings (SSSR count). The number of hydrogen-bond donors (Lipinski definition) is 1. The smallest absolute Gasteiger partial charge is 0.303 e. The zero-order chi connectivity index (χ0) is 13.4. The maximum atomic E-state index is 10.4. The molecule has 0 aliphatic heterocycles. The van der Waals surface area contributed by atoms with E-state index in [1.165, 1.54) is 0 Å². The first-order valence-corrected chi connectivity index (χ1v) is 6.01. The second-order valence-corrected chi connectivity index (χ2v) is 3.98. The van der Waals surface area contributed by atoms with Gasteiger partial charge in [-0.1, -0.05) is 6.92 Å². The van der Waals surface area contributed by atoms with E-state index in [2.05, 4.69) is 9.97 Å². The minimum atomic E-state index is -0.783. The molecule has 0 radical (unpaired) electrons. The van der Waals surface area contributed by atoms with E-state index in [0.29, 0.717) is 31.3 Å². The normalized spacial score (nSPS) is 10.1. The number of carbonyl (C=O) groups is 1. The van der Waals surface area contributed by atoms with Crippen molar-refractivity contribution in [3.05, 3.63) is 12.4 Å². The van der Waals surface area contributed by atoms with Crippen LogP contribution >= 0.6 is 0 Å². The van der Waals surface area contributed by atoms with Crippen molar-refractivity contribution in [1.82, 2.24) is 9.97 Å². The SMILES string of the molecule is CCCOc1cncc(N(C)CCCC(=O)O)n1. The Balaban J connectivity index is 2.51. The number of aromatic nitrogens is 2. The number of aliphatic carboxylic acids is 1. The molecule has 0 aliphatic rings. The molecule has 1 heterocycles. The Morgan fingerprint density at radius 3 is 2.94 bits per heavy atom. The summed E-state index contributed by atoms with van der Waals surface area (Å²) in [5.74, 6) is 0.406. The molecule has 6 nitrogen and oxygen atoms in total. The van der Waals surface area contributed by atoms with Crippen LogP contribution in [0.5, 0.6) is 5.88 Å². The van der Waals surface area contributed by atoms with Crippen LogP contribution in [0.15, 0.2) is 12.4 Å². The number of carboxylic acid groups (broad SMARTS) is 1. The van der Waals surface area contributed by atoms with E-state index in [0.717, 1.165) is 6.42 Å². The molecule has 1 N–H and O–H groups in total. The standard InChI is InChI=1S/C12H19N3O3/c1-3-7-18-11-9-13-8-10(14-11)15(2)6-4-5-12(16)17/h8-9H,3-7H2,1-2H3,(H,16,17). The molecule has 0 atom stereocenters. The van der Waals surface area contributed by atoms with Gasteiger partial charge in [0.25, 0.3) is 0 Å². The zero-order valence-electron chi connectivity index (χ0n) is 10.8. The molecule has 1 aromatic heterocycles. The summed E-state index contributed by atoms with van der Waals surface area (Å²) in [4.78, 5) is 20.7. The lowest BCUT2D eigenvalue weighted by atomic mass is 10.3. The van der Waals surface area contributed by atoms with E-state index in [9.17, 15) is 4.79 Å². The van der Waals surface area contributed by atoms with Gasteiger partial charge in [0.1, 0.15) is 0 Å². The summed E-state index contributed by atoms with van der Waals surface area (Å²) in [5, 5.41) is 8.57. The maximum Gasteiger partial charge on any atom is 0.303 e. The van der Waals surface area contributed by atoms with Crippen molar-refractivity contribution < 1.29 is 14.6 Å². The molecular weight excluding hydrogens is 234 g/mol. The third-order valence-electron chi connectivity index (χ3n) is 2.33. The van der Waals surface area contributed by atoms with Crippen LogP contribution in [0, 0.1) is 0 Å². The molecule has 0 unspecified atom stereocenters. The Hall–Kier alpha value is -1.85. The Labute approximate surface area is 107 Å². The number of carboxylic acids is 1. The predicted octanol–water partition coefficient (Wildman–Crippen LogP) is 1.57. The largest absolute Gasteiger partial charge is 0.481 e. The van der Waals surface area contributed by atoms with Crippen LogP contribution in [0.25, 0.3) is 0 Å². The van der Waals surface area contributed by atoms with Crippen molar-refractivity contribution in [3.8, 4) is 5.88 Å². The molecule has 100 valence electrons. The first kappa shape index (κ1) is 14.2. The summed E-state index contributed by atoms with van der Waals surface area (Å²) in [6.07, 6.45) is 4.86. The molecule has 18 heavy (non-hydrogen) atoms. The molecule has 0 saturated carbocycles. The van der Waals surface area contributed by atoms with Crippen LogP contribution in [-0.2, 0) is 4.79 Å². The molecule has 0 bridgehead atoms. The van der Waals surface area contributed by atoms with E-state index in [-0.39, 0.29) is 6.42 Å². The Morgan fingerprint density at radius 2 is 2.28 bits per heavy atom. The van der Waals surface area contributed by atoms with E-state index in [1.54, 1.807) is 12.4 Å². The van der Waals surface area contributed by atoms with Crippen molar-refractivity contribution >= 4 is 11.8 Å². The van der Waals surface area contributed by atoms with Crippen molar-refractivity contribution in [2.24, 2.45) is 0 Å². The molecule has 0 aromatic carbocycles. The Morgan fingerprint density at radius 1 is 1.50 bits per heavy atom. The Kier molecular flexibility index (Phi) is 5.90. The van der Waals surface area contributed by atoms with E-state index >= 15 is 0 Å². The van der Waals surface area contributed by atoms with Gasteiger partial charge >= 0.3 is 5.97 Å². The van der Waals surface area contributed by atoms with Gasteiger partial charge in [-0.15, -0.1) is 0 Å². The van der Waals surface area contributed by atoms with Crippen LogP contribution in [0.2, 0.25) is 0 Å². The average molecular weight is 253 g/mol. The third-order valence-corrected chi connectivity index (χ3v) is 2.33. The molecule has 0 spiro atoms. The summed E-state index contributed by atoms with van der Waals surface area (Å²) < 4.78 is 5.39. The lowest BCUT2D eigenvalue weighted by Crippen LogP contribution is -2.20. The summed E-state index contributed by atoms with van der Waals surface area (Å²) in [6, 6.07) is 0. The van der Waals surface area contributed by atoms with Crippen molar-refractivity contribution in [2.45, 2.75) is 26.2 Å². The van der Waals surface area contributed by atoms with Crippen LogP contribution in [0.4, 0.5) is 5.82 Å². The highest BCUT2D eigenvalue weighted by molar-refractivity contribution is 5.66. The van der Waals surface area contributed by atoms with Crippen LogP contribution in [0.3, 0.4) is 0 Å². The summed E-state index contributed by atoms with van der Waals surface area (Å²) >= 11 is 0. The van der Waals surface area contributed by atoms with Gasteiger partial charge in [-0.2, -0.15) is 4.98 Å². The average Bonchev–Trinajstić information content (AvgIpc) is 2.36. The second kappa shape index (κ2) is 7.47. The van der Waals surface area contributed by atoms with E-state index in [1.807, 2.05) is 18.9 Å². The molecule has 0 amide bonds. The van der Waals surface area contributed by atoms with Gasteiger partial charge in [0, 0.05) is 20.0 Å². The van der Waals surface area contributed by atoms with E-state index < -0.39 is 5.97 Å². The molecular formula is C12H19N3O3. The lowest BCUT2D eigenvalue weighted by molar-refractivity contribution is -0.137. The topological polar surface area (TPSA) is 75.5 Å². The quantitative estimate of drug-likeness (QED) is 0.757. The maximum absolute atomic E-state index is 10.4. The summed E-state index contributed by atoms with van der Waals surface area (Å²) in [7, 11) is 1.86. The van der Waals surface area contributed by atoms with Crippen molar-refractivity contribution in [3.63, 3.8) is 0 Å². The molecule has 0 fully saturated rings. The summed E-state index contributed by atoms with van der Waals surface area (Å²) in [6.45, 7) is 3.26. The first-order chi connectivity index (χ1) is 8.63. The lowest BCUT2D eigenvalue weighted by Gasteiger charge is -2.17. The molecule has 6 heteroatoms. The molecule has 1 aromatic rings. The van der Waals surface area contributed by atoms with Crippen molar-refractivity contribution in [1.29, 1.82) is 0 Å². The fraction of sp³-hybridized carbons (Fsp3) is 0.583. The fourth-order valence-electron chi connectivity index (χ4n) is 1.38.